The van der Waals surface area contributed by atoms with Gasteiger partial charge in [-0.2, -0.15) is 0 Å². The summed E-state index contributed by atoms with van der Waals surface area (Å²) in [5.74, 6) is -0.565. The first-order valence-electron chi connectivity index (χ1n) is 10.7. The van der Waals surface area contributed by atoms with Gasteiger partial charge in [-0.05, 0) is 38.0 Å². The zero-order valence-electron chi connectivity index (χ0n) is 17.6. The van der Waals surface area contributed by atoms with Gasteiger partial charge in [0.2, 0.25) is 11.8 Å². The van der Waals surface area contributed by atoms with E-state index in [1.165, 1.54) is 16.7 Å². The molecular weight excluding hydrogens is 412 g/mol. The highest BCUT2D eigenvalue weighted by Gasteiger charge is 2.46. The molecule has 4 rings (SSSR count). The number of aromatic nitrogens is 2. The Labute approximate surface area is 186 Å². The van der Waals surface area contributed by atoms with Gasteiger partial charge in [0.15, 0.2) is 5.16 Å². The predicted octanol–water partition coefficient (Wildman–Crippen LogP) is 3.37. The van der Waals surface area contributed by atoms with E-state index in [2.05, 4.69) is 9.97 Å². The highest BCUT2D eigenvalue weighted by molar-refractivity contribution is 7.99. The Bertz CT molecular complexity index is 945. The largest absolute Gasteiger partial charge is 0.326 e. The van der Waals surface area contributed by atoms with Gasteiger partial charge < -0.3 is 4.90 Å². The molecule has 0 spiro atoms. The minimum absolute atomic E-state index is 0.0155. The number of anilines is 1. The summed E-state index contributed by atoms with van der Waals surface area (Å²) in [5, 5.41) is 0.523. The molecule has 1 unspecified atom stereocenters. The Balaban J connectivity index is 1.55. The summed E-state index contributed by atoms with van der Waals surface area (Å²) in [5.41, 5.74) is 1.62. The van der Waals surface area contributed by atoms with E-state index in [4.69, 9.17) is 0 Å². The van der Waals surface area contributed by atoms with Crippen LogP contribution in [0.3, 0.4) is 0 Å². The van der Waals surface area contributed by atoms with Crippen LogP contribution < -0.4 is 4.90 Å². The van der Waals surface area contributed by atoms with Crippen LogP contribution in [0.4, 0.5) is 5.69 Å². The van der Waals surface area contributed by atoms with Crippen LogP contribution in [0.2, 0.25) is 0 Å². The molecule has 3 amide bonds. The lowest BCUT2D eigenvalue weighted by molar-refractivity contribution is -0.139. The van der Waals surface area contributed by atoms with Crippen molar-refractivity contribution in [3.63, 3.8) is 0 Å². The van der Waals surface area contributed by atoms with E-state index < -0.39 is 6.04 Å². The minimum atomic E-state index is -0.748. The summed E-state index contributed by atoms with van der Waals surface area (Å²) in [6.07, 6.45) is 8.22. The second-order valence-corrected chi connectivity index (χ2v) is 8.98. The van der Waals surface area contributed by atoms with Gasteiger partial charge in [0.1, 0.15) is 6.04 Å². The molecule has 0 bridgehead atoms. The van der Waals surface area contributed by atoms with E-state index in [1.54, 1.807) is 35.5 Å². The van der Waals surface area contributed by atoms with Gasteiger partial charge in [-0.1, -0.05) is 48.7 Å². The molecule has 1 saturated heterocycles. The number of imide groups is 1. The molecule has 1 saturated carbocycles. The number of hydrogen-bond acceptors (Lipinski definition) is 6. The van der Waals surface area contributed by atoms with Gasteiger partial charge in [-0.15, -0.1) is 0 Å². The lowest BCUT2D eigenvalue weighted by atomic mass is 9.92. The third kappa shape index (κ3) is 4.79. The Hall–Kier alpha value is -2.74. The van der Waals surface area contributed by atoms with Crippen LogP contribution in [0.5, 0.6) is 0 Å². The number of hydrogen-bond donors (Lipinski definition) is 0. The normalized spacial score (nSPS) is 19.6. The molecule has 2 heterocycles. The molecule has 1 atom stereocenters. The van der Waals surface area contributed by atoms with E-state index in [1.807, 2.05) is 19.1 Å². The molecule has 2 aliphatic rings. The number of benzene rings is 1. The van der Waals surface area contributed by atoms with Crippen LogP contribution in [-0.4, -0.2) is 50.4 Å². The maximum atomic E-state index is 13.3. The first kappa shape index (κ1) is 21.5. The van der Waals surface area contributed by atoms with Crippen molar-refractivity contribution in [1.82, 2.24) is 14.9 Å². The van der Waals surface area contributed by atoms with Crippen molar-refractivity contribution in [2.75, 3.05) is 10.7 Å². The Kier molecular flexibility index (Phi) is 6.65. The second-order valence-electron chi connectivity index (χ2n) is 8.04. The summed E-state index contributed by atoms with van der Waals surface area (Å²) < 4.78 is 0. The minimum Gasteiger partial charge on any atom is -0.326 e. The number of aryl methyl sites for hydroxylation is 1. The fraction of sp³-hybridized carbons (Fsp3) is 0.435. The van der Waals surface area contributed by atoms with Gasteiger partial charge in [-0.25, -0.2) is 14.9 Å². The first-order valence-corrected chi connectivity index (χ1v) is 11.7. The third-order valence-electron chi connectivity index (χ3n) is 5.87. The predicted molar refractivity (Wildman–Crippen MR) is 119 cm³/mol. The average molecular weight is 439 g/mol. The monoisotopic (exact) mass is 438 g/mol. The van der Waals surface area contributed by atoms with Crippen LogP contribution in [-0.2, 0) is 14.4 Å². The number of nitrogens with zero attached hydrogens (tertiary/aromatic N) is 4. The molecule has 0 radical (unpaired) electrons. The molecule has 1 aliphatic carbocycles. The zero-order chi connectivity index (χ0) is 21.8. The lowest BCUT2D eigenvalue weighted by Crippen LogP contribution is -2.52. The van der Waals surface area contributed by atoms with Crippen molar-refractivity contribution in [3.05, 3.63) is 48.3 Å². The highest BCUT2D eigenvalue weighted by Crippen LogP contribution is 2.32. The molecule has 31 heavy (non-hydrogen) atoms. The molecule has 7 nitrogen and oxygen atoms in total. The summed E-state index contributed by atoms with van der Waals surface area (Å²) in [6.45, 7) is 1.96. The smallest absolute Gasteiger partial charge is 0.257 e. The molecule has 1 aromatic heterocycles. The van der Waals surface area contributed by atoms with E-state index in [0.717, 1.165) is 37.7 Å². The van der Waals surface area contributed by atoms with Gasteiger partial charge in [-0.3, -0.25) is 14.4 Å². The number of carbonyl (C=O) groups excluding carboxylic acids is 3. The summed E-state index contributed by atoms with van der Waals surface area (Å²) in [4.78, 5) is 50.7. The van der Waals surface area contributed by atoms with Crippen molar-refractivity contribution in [1.29, 1.82) is 0 Å². The van der Waals surface area contributed by atoms with E-state index in [0.29, 0.717) is 10.8 Å². The quantitative estimate of drug-likeness (QED) is 0.391. The molecule has 0 N–H and O–H groups in total. The molecule has 2 fully saturated rings. The maximum absolute atomic E-state index is 13.3. The molecule has 1 aromatic carbocycles. The standard InChI is InChI=1S/C23H26N4O3S/c1-16-8-10-18(11-9-16)27-20(28)14-19(22(27)30)26(17-6-3-2-4-7-17)21(29)15-31-23-24-12-5-13-25-23/h5,8-13,17,19H,2-4,6-7,14-15H2,1H3. The van der Waals surface area contributed by atoms with Crippen molar-refractivity contribution < 1.29 is 14.4 Å². The molecule has 2 aromatic rings. The zero-order valence-corrected chi connectivity index (χ0v) is 18.4. The highest BCUT2D eigenvalue weighted by atomic mass is 32.2. The van der Waals surface area contributed by atoms with E-state index in [-0.39, 0.29) is 35.9 Å². The van der Waals surface area contributed by atoms with E-state index >= 15 is 0 Å². The fourth-order valence-corrected chi connectivity index (χ4v) is 5.02. The molecule has 1 aliphatic heterocycles. The number of rotatable bonds is 6. The third-order valence-corrected chi connectivity index (χ3v) is 6.73. The number of thioether (sulfide) groups is 1. The van der Waals surface area contributed by atoms with E-state index in [9.17, 15) is 14.4 Å². The SMILES string of the molecule is Cc1ccc(N2C(=O)CC(N(C(=O)CSc3ncccn3)C3CCCCC3)C2=O)cc1. The Morgan fingerprint density at radius 3 is 2.45 bits per heavy atom. The fourth-order valence-electron chi connectivity index (χ4n) is 4.35. The van der Waals surface area contributed by atoms with Gasteiger partial charge in [0.25, 0.3) is 5.91 Å². The van der Waals surface area contributed by atoms with Crippen LogP contribution in [0.1, 0.15) is 44.1 Å². The number of amides is 3. The molecule has 8 heteroatoms. The average Bonchev–Trinajstić information content (AvgIpc) is 3.08. The van der Waals surface area contributed by atoms with Crippen LogP contribution in [0.25, 0.3) is 0 Å². The van der Waals surface area contributed by atoms with Crippen molar-refractivity contribution in [3.8, 4) is 0 Å². The topological polar surface area (TPSA) is 83.5 Å². The van der Waals surface area contributed by atoms with Crippen LogP contribution in [0, 0.1) is 6.92 Å². The second kappa shape index (κ2) is 9.60. The van der Waals surface area contributed by atoms with Gasteiger partial charge >= 0.3 is 0 Å². The first-order chi connectivity index (χ1) is 15.0. The van der Waals surface area contributed by atoms with Crippen LogP contribution >= 0.6 is 11.8 Å². The van der Waals surface area contributed by atoms with Crippen LogP contribution in [0.15, 0.2) is 47.9 Å². The molecule has 162 valence electrons. The van der Waals surface area contributed by atoms with Crippen molar-refractivity contribution in [2.24, 2.45) is 0 Å². The summed E-state index contributed by atoms with van der Waals surface area (Å²) in [6, 6.07) is 8.28. The summed E-state index contributed by atoms with van der Waals surface area (Å²) >= 11 is 1.26. The maximum Gasteiger partial charge on any atom is 0.257 e. The Morgan fingerprint density at radius 1 is 1.10 bits per heavy atom. The van der Waals surface area contributed by atoms with Crippen molar-refractivity contribution in [2.45, 2.75) is 62.7 Å². The van der Waals surface area contributed by atoms with Gasteiger partial charge in [0, 0.05) is 18.4 Å². The lowest BCUT2D eigenvalue weighted by Gasteiger charge is -2.37. The number of carbonyl (C=O) groups is 3. The molecular formula is C23H26N4O3S. The van der Waals surface area contributed by atoms with Gasteiger partial charge in [0.05, 0.1) is 17.9 Å². The van der Waals surface area contributed by atoms with Crippen molar-refractivity contribution >= 4 is 35.2 Å². The Morgan fingerprint density at radius 2 is 1.77 bits per heavy atom. The summed E-state index contributed by atoms with van der Waals surface area (Å²) in [7, 11) is 0.